The van der Waals surface area contributed by atoms with E-state index in [2.05, 4.69) is 22.4 Å². The molecule has 2 atom stereocenters. The van der Waals surface area contributed by atoms with E-state index in [1.807, 2.05) is 6.92 Å². The zero-order valence-electron chi connectivity index (χ0n) is 13.6. The van der Waals surface area contributed by atoms with Gasteiger partial charge in [-0.05, 0) is 25.7 Å². The number of rotatable bonds is 8. The van der Waals surface area contributed by atoms with Crippen LogP contribution in [0.3, 0.4) is 0 Å². The van der Waals surface area contributed by atoms with Crippen molar-refractivity contribution in [1.29, 1.82) is 0 Å². The second-order valence-electron chi connectivity index (χ2n) is 6.53. The van der Waals surface area contributed by atoms with E-state index in [-0.39, 0.29) is 24.0 Å². The van der Waals surface area contributed by atoms with Crippen LogP contribution in [-0.4, -0.2) is 33.8 Å². The SMILES string of the molecule is CCCc1noc(CCCC(=O)NC2CCCC2(C)CO)n1. The predicted molar refractivity (Wildman–Crippen MR) is 82.2 cm³/mol. The number of nitrogens with one attached hydrogen (secondary N) is 1. The van der Waals surface area contributed by atoms with E-state index in [1.165, 1.54) is 0 Å². The number of nitrogens with zero attached hydrogens (tertiary/aromatic N) is 2. The van der Waals surface area contributed by atoms with Gasteiger partial charge in [0.2, 0.25) is 11.8 Å². The fourth-order valence-electron chi connectivity index (χ4n) is 3.05. The standard InChI is InChI=1S/C16H27N3O3/c1-3-6-13-18-15(22-19-13)9-4-8-14(21)17-12-7-5-10-16(12,2)11-20/h12,20H,3-11H2,1-2H3,(H,17,21). The molecule has 1 saturated carbocycles. The molecule has 0 bridgehead atoms. The molecule has 1 aliphatic carbocycles. The Hall–Kier alpha value is -1.43. The predicted octanol–water partition coefficient (Wildman–Crippen LogP) is 2.01. The summed E-state index contributed by atoms with van der Waals surface area (Å²) in [5, 5.41) is 16.5. The first-order chi connectivity index (χ1) is 10.6. The van der Waals surface area contributed by atoms with Crippen LogP contribution in [0.5, 0.6) is 0 Å². The fraction of sp³-hybridized carbons (Fsp3) is 0.812. The van der Waals surface area contributed by atoms with Crippen LogP contribution < -0.4 is 5.32 Å². The molecule has 1 fully saturated rings. The van der Waals surface area contributed by atoms with E-state index in [9.17, 15) is 9.90 Å². The molecule has 1 heterocycles. The fourth-order valence-corrected chi connectivity index (χ4v) is 3.05. The summed E-state index contributed by atoms with van der Waals surface area (Å²) in [6.45, 7) is 4.24. The zero-order valence-corrected chi connectivity index (χ0v) is 13.6. The summed E-state index contributed by atoms with van der Waals surface area (Å²) < 4.78 is 5.16. The molecular weight excluding hydrogens is 282 g/mol. The lowest BCUT2D eigenvalue weighted by Gasteiger charge is -2.30. The minimum absolute atomic E-state index is 0.0415. The van der Waals surface area contributed by atoms with E-state index in [1.54, 1.807) is 0 Å². The van der Waals surface area contributed by atoms with Gasteiger partial charge in [-0.15, -0.1) is 0 Å². The van der Waals surface area contributed by atoms with Crippen molar-refractivity contribution >= 4 is 5.91 Å². The summed E-state index contributed by atoms with van der Waals surface area (Å²) in [4.78, 5) is 16.3. The van der Waals surface area contributed by atoms with Crippen molar-refractivity contribution < 1.29 is 14.4 Å². The van der Waals surface area contributed by atoms with Crippen molar-refractivity contribution in [2.75, 3.05) is 6.61 Å². The first-order valence-electron chi connectivity index (χ1n) is 8.29. The number of hydrogen-bond donors (Lipinski definition) is 2. The van der Waals surface area contributed by atoms with Gasteiger partial charge in [0.05, 0.1) is 6.61 Å². The van der Waals surface area contributed by atoms with Crippen LogP contribution in [0.1, 0.15) is 64.1 Å². The molecule has 22 heavy (non-hydrogen) atoms. The molecule has 1 aromatic heterocycles. The average molecular weight is 309 g/mol. The molecule has 1 amide bonds. The number of aliphatic hydroxyl groups is 1. The van der Waals surface area contributed by atoms with Crippen molar-refractivity contribution in [2.24, 2.45) is 5.41 Å². The highest BCUT2D eigenvalue weighted by molar-refractivity contribution is 5.76. The molecular formula is C16H27N3O3. The molecule has 2 unspecified atom stereocenters. The number of aliphatic hydroxyl groups excluding tert-OH is 1. The molecule has 6 nitrogen and oxygen atoms in total. The molecule has 2 rings (SSSR count). The first kappa shape index (κ1) is 16.9. The number of carbonyl (C=O) groups is 1. The number of aromatic nitrogens is 2. The molecule has 0 aliphatic heterocycles. The lowest BCUT2D eigenvalue weighted by Crippen LogP contribution is -2.44. The topological polar surface area (TPSA) is 88.2 Å². The third-order valence-electron chi connectivity index (χ3n) is 4.56. The van der Waals surface area contributed by atoms with E-state index >= 15 is 0 Å². The maximum absolute atomic E-state index is 12.0. The van der Waals surface area contributed by atoms with Crippen molar-refractivity contribution in [3.05, 3.63) is 11.7 Å². The van der Waals surface area contributed by atoms with Gasteiger partial charge >= 0.3 is 0 Å². The van der Waals surface area contributed by atoms with Crippen molar-refractivity contribution in [1.82, 2.24) is 15.5 Å². The van der Waals surface area contributed by atoms with Crippen molar-refractivity contribution in [2.45, 2.75) is 71.3 Å². The van der Waals surface area contributed by atoms with Crippen LogP contribution in [0.4, 0.5) is 0 Å². The summed E-state index contributed by atoms with van der Waals surface area (Å²) in [5.41, 5.74) is -0.169. The summed E-state index contributed by atoms with van der Waals surface area (Å²) in [6, 6.07) is 0.0876. The lowest BCUT2D eigenvalue weighted by molar-refractivity contribution is -0.122. The van der Waals surface area contributed by atoms with E-state index in [0.29, 0.717) is 25.2 Å². The Morgan fingerprint density at radius 2 is 2.32 bits per heavy atom. The normalized spacial score (nSPS) is 24.6. The van der Waals surface area contributed by atoms with Gasteiger partial charge in [-0.2, -0.15) is 4.98 Å². The summed E-state index contributed by atoms with van der Waals surface area (Å²) in [5.74, 6) is 1.39. The van der Waals surface area contributed by atoms with Gasteiger partial charge < -0.3 is 14.9 Å². The first-order valence-corrected chi connectivity index (χ1v) is 8.29. The van der Waals surface area contributed by atoms with E-state index in [0.717, 1.165) is 37.9 Å². The maximum Gasteiger partial charge on any atom is 0.226 e. The lowest BCUT2D eigenvalue weighted by atomic mass is 9.85. The van der Waals surface area contributed by atoms with Crippen LogP contribution in [0, 0.1) is 5.41 Å². The number of hydrogen-bond acceptors (Lipinski definition) is 5. The van der Waals surface area contributed by atoms with Gasteiger partial charge in [-0.3, -0.25) is 4.79 Å². The minimum Gasteiger partial charge on any atom is -0.396 e. The Labute approximate surface area is 131 Å². The molecule has 0 saturated heterocycles. The molecule has 1 aromatic rings. The smallest absolute Gasteiger partial charge is 0.226 e. The Morgan fingerprint density at radius 1 is 1.50 bits per heavy atom. The summed E-state index contributed by atoms with van der Waals surface area (Å²) in [7, 11) is 0. The van der Waals surface area contributed by atoms with Crippen LogP contribution in [0.25, 0.3) is 0 Å². The second kappa shape index (κ2) is 7.72. The van der Waals surface area contributed by atoms with Crippen LogP contribution >= 0.6 is 0 Å². The maximum atomic E-state index is 12.0. The Balaban J connectivity index is 1.71. The quantitative estimate of drug-likeness (QED) is 0.767. The number of aryl methyl sites for hydroxylation is 2. The van der Waals surface area contributed by atoms with Crippen molar-refractivity contribution in [3.8, 4) is 0 Å². The number of amides is 1. The van der Waals surface area contributed by atoms with Gasteiger partial charge in [0.25, 0.3) is 0 Å². The highest BCUT2D eigenvalue weighted by Crippen LogP contribution is 2.37. The van der Waals surface area contributed by atoms with E-state index in [4.69, 9.17) is 4.52 Å². The van der Waals surface area contributed by atoms with Gasteiger partial charge in [0.15, 0.2) is 5.82 Å². The highest BCUT2D eigenvalue weighted by atomic mass is 16.5. The van der Waals surface area contributed by atoms with Crippen LogP contribution in [-0.2, 0) is 17.6 Å². The largest absolute Gasteiger partial charge is 0.396 e. The molecule has 6 heteroatoms. The third-order valence-corrected chi connectivity index (χ3v) is 4.56. The highest BCUT2D eigenvalue weighted by Gasteiger charge is 2.38. The van der Waals surface area contributed by atoms with Gasteiger partial charge in [-0.1, -0.05) is 25.4 Å². The Bertz CT molecular complexity index is 489. The van der Waals surface area contributed by atoms with Crippen molar-refractivity contribution in [3.63, 3.8) is 0 Å². The summed E-state index contributed by atoms with van der Waals surface area (Å²) in [6.07, 6.45) is 6.57. The zero-order chi connectivity index (χ0) is 16.0. The number of carbonyl (C=O) groups excluding carboxylic acids is 1. The molecule has 124 valence electrons. The molecule has 0 aromatic carbocycles. The Kier molecular flexibility index (Phi) is 5.94. The van der Waals surface area contributed by atoms with Gasteiger partial charge in [0.1, 0.15) is 0 Å². The minimum atomic E-state index is -0.169. The third kappa shape index (κ3) is 4.29. The summed E-state index contributed by atoms with van der Waals surface area (Å²) >= 11 is 0. The molecule has 0 spiro atoms. The molecule has 0 radical (unpaired) electrons. The van der Waals surface area contributed by atoms with E-state index < -0.39 is 0 Å². The second-order valence-corrected chi connectivity index (χ2v) is 6.53. The average Bonchev–Trinajstić information content (AvgIpc) is 3.08. The Morgan fingerprint density at radius 3 is 3.05 bits per heavy atom. The molecule has 1 aliphatic rings. The molecule has 2 N–H and O–H groups in total. The monoisotopic (exact) mass is 309 g/mol. The van der Waals surface area contributed by atoms with Crippen LogP contribution in [0.15, 0.2) is 4.52 Å². The van der Waals surface area contributed by atoms with Gasteiger partial charge in [0, 0.05) is 30.7 Å². The van der Waals surface area contributed by atoms with Crippen LogP contribution in [0.2, 0.25) is 0 Å². The van der Waals surface area contributed by atoms with Gasteiger partial charge in [-0.25, -0.2) is 0 Å².